The van der Waals surface area contributed by atoms with Gasteiger partial charge in [0.15, 0.2) is 0 Å². The number of methoxy groups -OCH3 is 1. The van der Waals surface area contributed by atoms with Crippen LogP contribution in [0.3, 0.4) is 0 Å². The number of aliphatic carboxylic acids is 1. The molecule has 0 heterocycles. The number of benzene rings is 1. The number of rotatable bonds is 4. The average Bonchev–Trinajstić information content (AvgIpc) is 2.27. The largest absolute Gasteiger partial charge is 0.497 e. The van der Waals surface area contributed by atoms with Crippen molar-refractivity contribution >= 4 is 5.97 Å². The molecule has 1 aromatic rings. The van der Waals surface area contributed by atoms with Crippen LogP contribution in [0.1, 0.15) is 11.7 Å². The summed E-state index contributed by atoms with van der Waals surface area (Å²) in [5.41, 5.74) is 0.225. The van der Waals surface area contributed by atoms with Crippen molar-refractivity contribution < 1.29 is 19.7 Å². The molecule has 0 aliphatic carbocycles. The van der Waals surface area contributed by atoms with Crippen LogP contribution in [-0.2, 0) is 4.79 Å². The maximum atomic E-state index is 10.6. The molecule has 0 aromatic heterocycles. The Labute approximate surface area is 87.4 Å². The molecule has 0 spiro atoms. The monoisotopic (exact) mass is 208 g/mol. The van der Waals surface area contributed by atoms with Crippen LogP contribution in [0, 0.1) is 0 Å². The molecule has 15 heavy (non-hydrogen) atoms. The second-order valence-corrected chi connectivity index (χ2v) is 3.01. The summed E-state index contributed by atoms with van der Waals surface area (Å²) in [7, 11) is 1.53. The molecule has 0 radical (unpaired) electrons. The van der Waals surface area contributed by atoms with Crippen LogP contribution in [0.4, 0.5) is 0 Å². The molecule has 0 amide bonds. The van der Waals surface area contributed by atoms with E-state index in [-0.39, 0.29) is 5.57 Å². The quantitative estimate of drug-likeness (QED) is 0.733. The molecule has 4 nitrogen and oxygen atoms in total. The van der Waals surface area contributed by atoms with E-state index >= 15 is 0 Å². The molecule has 0 saturated heterocycles. The topological polar surface area (TPSA) is 66.8 Å². The predicted octanol–water partition coefficient (Wildman–Crippen LogP) is 1.37. The van der Waals surface area contributed by atoms with Crippen LogP contribution >= 0.6 is 0 Å². The number of carboxylic acid groups (broad SMARTS) is 1. The van der Waals surface area contributed by atoms with Gasteiger partial charge >= 0.3 is 5.97 Å². The smallest absolute Gasteiger partial charge is 0.333 e. The van der Waals surface area contributed by atoms with Crippen molar-refractivity contribution in [1.82, 2.24) is 0 Å². The van der Waals surface area contributed by atoms with Gasteiger partial charge in [0.1, 0.15) is 11.9 Å². The molecular formula is C11H12O4. The Morgan fingerprint density at radius 3 is 2.33 bits per heavy atom. The molecule has 1 unspecified atom stereocenters. The molecule has 1 aromatic carbocycles. The van der Waals surface area contributed by atoms with Crippen molar-refractivity contribution in [2.45, 2.75) is 6.10 Å². The summed E-state index contributed by atoms with van der Waals surface area (Å²) in [6, 6.07) is 6.48. The van der Waals surface area contributed by atoms with E-state index in [0.717, 1.165) is 0 Å². The number of hydrogen-bond acceptors (Lipinski definition) is 3. The van der Waals surface area contributed by atoms with Crippen LogP contribution < -0.4 is 4.74 Å². The second-order valence-electron chi connectivity index (χ2n) is 3.01. The first-order chi connectivity index (χ1) is 7.06. The van der Waals surface area contributed by atoms with Gasteiger partial charge in [0.05, 0.1) is 12.7 Å². The predicted molar refractivity (Wildman–Crippen MR) is 54.7 cm³/mol. The van der Waals surface area contributed by atoms with Crippen molar-refractivity contribution in [2.24, 2.45) is 0 Å². The van der Waals surface area contributed by atoms with Crippen LogP contribution in [0.15, 0.2) is 36.4 Å². The van der Waals surface area contributed by atoms with Crippen LogP contribution in [0.5, 0.6) is 5.75 Å². The summed E-state index contributed by atoms with van der Waals surface area (Å²) in [5.74, 6) is -0.565. The summed E-state index contributed by atoms with van der Waals surface area (Å²) in [5, 5.41) is 18.2. The van der Waals surface area contributed by atoms with E-state index in [1.165, 1.54) is 7.11 Å². The number of carboxylic acids is 1. The van der Waals surface area contributed by atoms with Gasteiger partial charge in [0.2, 0.25) is 0 Å². The highest BCUT2D eigenvalue weighted by molar-refractivity contribution is 5.87. The van der Waals surface area contributed by atoms with Gasteiger partial charge in [-0.25, -0.2) is 4.79 Å². The maximum Gasteiger partial charge on any atom is 0.333 e. The van der Waals surface area contributed by atoms with Gasteiger partial charge in [0.25, 0.3) is 0 Å². The minimum atomic E-state index is -1.21. The molecule has 0 fully saturated rings. The fourth-order valence-electron chi connectivity index (χ4n) is 1.10. The van der Waals surface area contributed by atoms with Gasteiger partial charge < -0.3 is 14.9 Å². The molecule has 4 heteroatoms. The molecule has 0 saturated carbocycles. The van der Waals surface area contributed by atoms with Crippen molar-refractivity contribution in [3.63, 3.8) is 0 Å². The summed E-state index contributed by atoms with van der Waals surface area (Å²) in [6.07, 6.45) is -1.19. The summed E-state index contributed by atoms with van der Waals surface area (Å²) >= 11 is 0. The third-order valence-electron chi connectivity index (χ3n) is 2.04. The second kappa shape index (κ2) is 4.61. The Kier molecular flexibility index (Phi) is 3.46. The molecule has 0 aliphatic rings. The van der Waals surface area contributed by atoms with Crippen LogP contribution in [0.25, 0.3) is 0 Å². The Bertz CT molecular complexity index is 367. The van der Waals surface area contributed by atoms with Gasteiger partial charge in [-0.2, -0.15) is 0 Å². The molecule has 1 atom stereocenters. The molecule has 80 valence electrons. The first-order valence-corrected chi connectivity index (χ1v) is 4.30. The number of hydrogen-bond donors (Lipinski definition) is 2. The minimum absolute atomic E-state index is 0.250. The van der Waals surface area contributed by atoms with Crippen molar-refractivity contribution in [3.8, 4) is 5.75 Å². The van der Waals surface area contributed by atoms with Gasteiger partial charge in [-0.3, -0.25) is 0 Å². The van der Waals surface area contributed by atoms with E-state index < -0.39 is 12.1 Å². The standard InChI is InChI=1S/C11H12O4/c1-7(11(13)14)10(12)8-3-5-9(15-2)6-4-8/h3-6,10,12H,1H2,2H3,(H,13,14). The number of aliphatic hydroxyl groups is 1. The van der Waals surface area contributed by atoms with Crippen molar-refractivity contribution in [2.75, 3.05) is 7.11 Å². The highest BCUT2D eigenvalue weighted by Crippen LogP contribution is 2.22. The van der Waals surface area contributed by atoms with E-state index in [4.69, 9.17) is 9.84 Å². The zero-order chi connectivity index (χ0) is 11.4. The molecule has 1 rings (SSSR count). The highest BCUT2D eigenvalue weighted by atomic mass is 16.5. The molecule has 2 N–H and O–H groups in total. The lowest BCUT2D eigenvalue weighted by Gasteiger charge is -2.10. The van der Waals surface area contributed by atoms with Gasteiger partial charge in [-0.15, -0.1) is 0 Å². The Balaban J connectivity index is 2.87. The Morgan fingerprint density at radius 2 is 1.93 bits per heavy atom. The normalized spacial score (nSPS) is 11.9. The first-order valence-electron chi connectivity index (χ1n) is 4.30. The van der Waals surface area contributed by atoms with Crippen LogP contribution in [0.2, 0.25) is 0 Å². The summed E-state index contributed by atoms with van der Waals surface area (Å²) < 4.78 is 4.94. The zero-order valence-corrected chi connectivity index (χ0v) is 8.30. The number of carbonyl (C=O) groups is 1. The van der Waals surface area contributed by atoms with Gasteiger partial charge in [0, 0.05) is 0 Å². The third kappa shape index (κ3) is 2.57. The number of ether oxygens (including phenoxy) is 1. The fraction of sp³-hybridized carbons (Fsp3) is 0.182. The SMILES string of the molecule is C=C(C(=O)O)C(O)c1ccc(OC)cc1. The molecule has 0 aliphatic heterocycles. The van der Waals surface area contributed by atoms with Crippen LogP contribution in [-0.4, -0.2) is 23.3 Å². The van der Waals surface area contributed by atoms with E-state index in [1.54, 1.807) is 24.3 Å². The van der Waals surface area contributed by atoms with Crippen molar-refractivity contribution in [3.05, 3.63) is 42.0 Å². The lowest BCUT2D eigenvalue weighted by Crippen LogP contribution is -2.09. The molecular weight excluding hydrogens is 196 g/mol. The van der Waals surface area contributed by atoms with Crippen molar-refractivity contribution in [1.29, 1.82) is 0 Å². The van der Waals surface area contributed by atoms with E-state index in [2.05, 4.69) is 6.58 Å². The third-order valence-corrected chi connectivity index (χ3v) is 2.04. The lowest BCUT2D eigenvalue weighted by atomic mass is 10.0. The zero-order valence-electron chi connectivity index (χ0n) is 8.30. The fourth-order valence-corrected chi connectivity index (χ4v) is 1.10. The van der Waals surface area contributed by atoms with E-state index in [0.29, 0.717) is 11.3 Å². The minimum Gasteiger partial charge on any atom is -0.497 e. The molecule has 0 bridgehead atoms. The van der Waals surface area contributed by atoms with Gasteiger partial charge in [-0.1, -0.05) is 18.7 Å². The van der Waals surface area contributed by atoms with E-state index in [1.807, 2.05) is 0 Å². The highest BCUT2D eigenvalue weighted by Gasteiger charge is 2.17. The lowest BCUT2D eigenvalue weighted by molar-refractivity contribution is -0.133. The van der Waals surface area contributed by atoms with E-state index in [9.17, 15) is 9.90 Å². The summed E-state index contributed by atoms with van der Waals surface area (Å²) in [6.45, 7) is 3.29. The average molecular weight is 208 g/mol. The Hall–Kier alpha value is -1.81. The van der Waals surface area contributed by atoms with Gasteiger partial charge in [-0.05, 0) is 17.7 Å². The maximum absolute atomic E-state index is 10.6. The summed E-state index contributed by atoms with van der Waals surface area (Å²) in [4.78, 5) is 10.6. The number of aliphatic hydroxyl groups excluding tert-OH is 1. The first kappa shape index (κ1) is 11.3. The Morgan fingerprint density at radius 1 is 1.40 bits per heavy atom.